The average molecular weight is 527 g/mol. The largest absolute Gasteiger partial charge is 0.506 e. The molecule has 0 saturated carbocycles. The fraction of sp³-hybridized carbons (Fsp3) is 0.226. The quantitative estimate of drug-likeness (QED) is 0.268. The topological polar surface area (TPSA) is 103 Å². The number of nitrogens with zero attached hydrogens (tertiary/aromatic N) is 2. The van der Waals surface area contributed by atoms with Gasteiger partial charge in [-0.05, 0) is 68.3 Å². The summed E-state index contributed by atoms with van der Waals surface area (Å²) in [5, 5.41) is 22.5. The van der Waals surface area contributed by atoms with E-state index in [1.165, 1.54) is 18.1 Å². The number of anilines is 2. The monoisotopic (exact) mass is 526 g/mol. The lowest BCUT2D eigenvalue weighted by Crippen LogP contribution is -2.31. The zero-order chi connectivity index (χ0) is 27.8. The van der Waals surface area contributed by atoms with Gasteiger partial charge in [0.1, 0.15) is 5.75 Å². The molecule has 0 radical (unpaired) electrons. The predicted molar refractivity (Wildman–Crippen MR) is 150 cm³/mol. The molecule has 0 spiro atoms. The molecule has 1 unspecified atom stereocenters. The van der Waals surface area contributed by atoms with Crippen LogP contribution in [-0.2, 0) is 4.79 Å². The van der Waals surface area contributed by atoms with Crippen LogP contribution in [0.4, 0.5) is 11.4 Å². The smallest absolute Gasteiger partial charge is 0.294 e. The van der Waals surface area contributed by atoms with Gasteiger partial charge < -0.3 is 24.3 Å². The van der Waals surface area contributed by atoms with Crippen molar-refractivity contribution in [3.63, 3.8) is 0 Å². The summed E-state index contributed by atoms with van der Waals surface area (Å²) in [6.07, 6.45) is 0. The summed E-state index contributed by atoms with van der Waals surface area (Å²) in [7, 11) is 1.51. The number of methoxy groups -OCH3 is 1. The number of hydrogen-bond donors (Lipinski definition) is 2. The van der Waals surface area contributed by atoms with Gasteiger partial charge in [-0.25, -0.2) is 0 Å². The minimum Gasteiger partial charge on any atom is -0.506 e. The first-order valence-electron chi connectivity index (χ1n) is 12.8. The number of aliphatic hydroxyl groups excluding tert-OH is 1. The third kappa shape index (κ3) is 4.37. The number of aliphatic hydroxyl groups is 1. The number of aryl methyl sites for hydroxylation is 1. The van der Waals surface area contributed by atoms with Crippen LogP contribution >= 0.6 is 0 Å². The van der Waals surface area contributed by atoms with Crippen LogP contribution < -0.4 is 14.5 Å². The number of hydrogen-bond acceptors (Lipinski definition) is 7. The molecule has 8 heteroatoms. The second kappa shape index (κ2) is 10.2. The first-order chi connectivity index (χ1) is 18.8. The normalized spacial score (nSPS) is 15.3. The highest BCUT2D eigenvalue weighted by Crippen LogP contribution is 2.45. The lowest BCUT2D eigenvalue weighted by molar-refractivity contribution is -0.117. The summed E-state index contributed by atoms with van der Waals surface area (Å²) in [5.41, 5.74) is 2.84. The molecule has 0 saturated heterocycles. The second-order valence-corrected chi connectivity index (χ2v) is 9.41. The summed E-state index contributed by atoms with van der Waals surface area (Å²) in [6, 6.07) is 18.2. The van der Waals surface area contributed by atoms with Gasteiger partial charge in [0.2, 0.25) is 5.78 Å². The highest BCUT2D eigenvalue weighted by Gasteiger charge is 2.46. The second-order valence-electron chi connectivity index (χ2n) is 9.41. The van der Waals surface area contributed by atoms with Gasteiger partial charge in [-0.1, -0.05) is 30.3 Å². The molecular formula is C31H30N2O6. The minimum atomic E-state index is -1.00. The standard InChI is InChI=1S/C31H30N2O6/c1-5-32(6-2)21-13-11-19(12-14-21)27-26(28(35)25-17-20-8-7-9-24(38-4)30(20)39-25)29(36)31(37)33(27)22-16-18(3)10-15-23(22)34/h7-17,27,34,36H,5-6H2,1-4H3. The van der Waals surface area contributed by atoms with Crippen LogP contribution in [0.2, 0.25) is 0 Å². The van der Waals surface area contributed by atoms with Gasteiger partial charge in [-0.2, -0.15) is 0 Å². The molecule has 39 heavy (non-hydrogen) atoms. The van der Waals surface area contributed by atoms with Crippen molar-refractivity contribution in [2.24, 2.45) is 0 Å². The Morgan fingerprint density at radius 1 is 1.03 bits per heavy atom. The first kappa shape index (κ1) is 25.9. The van der Waals surface area contributed by atoms with Crippen molar-refractivity contribution in [3.8, 4) is 11.5 Å². The van der Waals surface area contributed by atoms with E-state index in [1.807, 2.05) is 31.2 Å². The molecule has 1 amide bonds. The Kier molecular flexibility index (Phi) is 6.78. The summed E-state index contributed by atoms with van der Waals surface area (Å²) >= 11 is 0. The first-order valence-corrected chi connectivity index (χ1v) is 12.8. The van der Waals surface area contributed by atoms with Gasteiger partial charge in [0.05, 0.1) is 24.4 Å². The Labute approximate surface area is 226 Å². The van der Waals surface area contributed by atoms with Gasteiger partial charge in [0.15, 0.2) is 22.9 Å². The lowest BCUT2D eigenvalue weighted by Gasteiger charge is -2.28. The van der Waals surface area contributed by atoms with E-state index in [0.717, 1.165) is 24.3 Å². The average Bonchev–Trinajstić information content (AvgIpc) is 3.50. The molecule has 8 nitrogen and oxygen atoms in total. The number of ether oxygens (including phenoxy) is 1. The van der Waals surface area contributed by atoms with Crippen LogP contribution in [0.15, 0.2) is 82.5 Å². The van der Waals surface area contributed by atoms with E-state index in [1.54, 1.807) is 36.4 Å². The number of phenolic OH excluding ortho intramolecular Hbond substituents is 1. The number of aromatic hydroxyl groups is 1. The molecule has 0 bridgehead atoms. The predicted octanol–water partition coefficient (Wildman–Crippen LogP) is 6.08. The number of fused-ring (bicyclic) bond motifs is 1. The summed E-state index contributed by atoms with van der Waals surface area (Å²) in [5.74, 6) is -1.83. The number of carbonyl (C=O) groups excluding carboxylic acids is 2. The molecule has 3 aromatic carbocycles. The third-order valence-corrected chi connectivity index (χ3v) is 7.13. The lowest BCUT2D eigenvalue weighted by atomic mass is 9.94. The molecule has 1 aliphatic heterocycles. The molecule has 2 N–H and O–H groups in total. The Bertz CT molecular complexity index is 1600. The van der Waals surface area contributed by atoms with Crippen LogP contribution in [0, 0.1) is 6.92 Å². The Morgan fingerprint density at radius 3 is 2.41 bits per heavy atom. The van der Waals surface area contributed by atoms with Crippen LogP contribution in [-0.4, -0.2) is 42.1 Å². The van der Waals surface area contributed by atoms with Gasteiger partial charge in [0, 0.05) is 24.2 Å². The van der Waals surface area contributed by atoms with Crippen molar-refractivity contribution >= 4 is 34.0 Å². The van der Waals surface area contributed by atoms with Crippen molar-refractivity contribution in [1.82, 2.24) is 0 Å². The summed E-state index contributed by atoms with van der Waals surface area (Å²) in [4.78, 5) is 30.9. The van der Waals surface area contributed by atoms with Gasteiger partial charge in [-0.15, -0.1) is 0 Å². The number of ketones is 1. The van der Waals surface area contributed by atoms with E-state index in [0.29, 0.717) is 22.3 Å². The maximum Gasteiger partial charge on any atom is 0.294 e. The minimum absolute atomic E-state index is 0.0380. The number of carbonyl (C=O) groups is 2. The molecule has 5 rings (SSSR count). The molecule has 0 aliphatic carbocycles. The molecule has 1 aliphatic rings. The van der Waals surface area contributed by atoms with E-state index in [4.69, 9.17) is 9.15 Å². The van der Waals surface area contributed by atoms with E-state index in [2.05, 4.69) is 18.7 Å². The van der Waals surface area contributed by atoms with E-state index in [9.17, 15) is 19.8 Å². The number of furan rings is 1. The number of phenols is 1. The third-order valence-electron chi connectivity index (χ3n) is 7.13. The van der Waals surface area contributed by atoms with E-state index >= 15 is 0 Å². The van der Waals surface area contributed by atoms with Crippen LogP contribution in [0.3, 0.4) is 0 Å². The van der Waals surface area contributed by atoms with Crippen molar-refractivity contribution in [1.29, 1.82) is 0 Å². The molecular weight excluding hydrogens is 496 g/mol. The maximum atomic E-state index is 14.0. The van der Waals surface area contributed by atoms with Crippen LogP contribution in [0.1, 0.15) is 41.6 Å². The molecule has 1 atom stereocenters. The Morgan fingerprint density at radius 2 is 1.74 bits per heavy atom. The zero-order valence-corrected chi connectivity index (χ0v) is 22.3. The van der Waals surface area contributed by atoms with E-state index < -0.39 is 23.5 Å². The molecule has 4 aromatic rings. The van der Waals surface area contributed by atoms with Crippen molar-refractivity contribution < 1.29 is 29.0 Å². The molecule has 200 valence electrons. The van der Waals surface area contributed by atoms with Crippen molar-refractivity contribution in [3.05, 3.63) is 94.9 Å². The number of para-hydroxylation sites is 1. The van der Waals surface area contributed by atoms with Crippen LogP contribution in [0.25, 0.3) is 11.0 Å². The SMILES string of the molecule is CCN(CC)c1ccc(C2C(C(=O)c3cc4cccc(OC)c4o3)=C(O)C(=O)N2c2cc(C)ccc2O)cc1. The van der Waals surface area contributed by atoms with Crippen molar-refractivity contribution in [2.45, 2.75) is 26.8 Å². The number of Topliss-reactive ketones (excluding diaryl/α,β-unsaturated/α-hetero) is 1. The van der Waals surface area contributed by atoms with E-state index in [-0.39, 0.29) is 22.8 Å². The highest BCUT2D eigenvalue weighted by molar-refractivity contribution is 6.21. The number of benzene rings is 3. The van der Waals surface area contributed by atoms with Gasteiger partial charge in [-0.3, -0.25) is 14.5 Å². The van der Waals surface area contributed by atoms with Gasteiger partial charge >= 0.3 is 0 Å². The highest BCUT2D eigenvalue weighted by atomic mass is 16.5. The van der Waals surface area contributed by atoms with Gasteiger partial charge in [0.25, 0.3) is 5.91 Å². The number of rotatable bonds is 8. The fourth-order valence-corrected chi connectivity index (χ4v) is 5.13. The fourth-order valence-electron chi connectivity index (χ4n) is 5.13. The molecule has 0 fully saturated rings. The van der Waals surface area contributed by atoms with Crippen LogP contribution in [0.5, 0.6) is 11.5 Å². The molecule has 1 aromatic heterocycles. The van der Waals surface area contributed by atoms with Crippen molar-refractivity contribution in [2.75, 3.05) is 30.0 Å². The summed E-state index contributed by atoms with van der Waals surface area (Å²) < 4.78 is 11.3. The Hall–Kier alpha value is -4.72. The summed E-state index contributed by atoms with van der Waals surface area (Å²) in [6.45, 7) is 7.60. The Balaban J connectivity index is 1.66. The molecule has 2 heterocycles. The maximum absolute atomic E-state index is 14.0. The number of amides is 1. The zero-order valence-electron chi connectivity index (χ0n) is 22.3.